The molecule has 1 aliphatic rings. The predicted octanol–water partition coefficient (Wildman–Crippen LogP) is 1.58. The molecule has 14 heavy (non-hydrogen) atoms. The number of hydrogen-bond acceptors (Lipinski definition) is 3. The molecule has 0 atom stereocenters. The van der Waals surface area contributed by atoms with Gasteiger partial charge in [0.25, 0.3) is 5.91 Å². The van der Waals surface area contributed by atoms with Crippen LogP contribution in [0.4, 0.5) is 0 Å². The summed E-state index contributed by atoms with van der Waals surface area (Å²) in [6.45, 7) is 1.48. The molecule has 0 aromatic carbocycles. The van der Waals surface area contributed by atoms with Gasteiger partial charge in [0.05, 0.1) is 6.61 Å². The summed E-state index contributed by atoms with van der Waals surface area (Å²) in [4.78, 5) is 13.0. The molecule has 2 heterocycles. The van der Waals surface area contributed by atoms with E-state index in [-0.39, 0.29) is 12.5 Å². The molecule has 0 N–H and O–H groups in total. The Morgan fingerprint density at radius 1 is 1.57 bits per heavy atom. The van der Waals surface area contributed by atoms with Gasteiger partial charge in [-0.1, -0.05) is 0 Å². The second kappa shape index (κ2) is 4.39. The van der Waals surface area contributed by atoms with Gasteiger partial charge in [-0.2, -0.15) is 11.3 Å². The van der Waals surface area contributed by atoms with Crippen LogP contribution in [-0.4, -0.2) is 30.6 Å². The maximum atomic E-state index is 11.3. The molecule has 1 fully saturated rings. The molecule has 0 spiro atoms. The highest BCUT2D eigenvalue weighted by Gasteiger charge is 2.15. The zero-order valence-corrected chi connectivity index (χ0v) is 8.50. The Hall–Kier alpha value is -1.13. The monoisotopic (exact) mass is 209 g/mol. The van der Waals surface area contributed by atoms with Gasteiger partial charge in [0, 0.05) is 12.7 Å². The van der Waals surface area contributed by atoms with E-state index in [9.17, 15) is 4.79 Å². The van der Waals surface area contributed by atoms with Crippen LogP contribution in [0, 0.1) is 0 Å². The maximum absolute atomic E-state index is 11.3. The molecule has 1 aromatic rings. The van der Waals surface area contributed by atoms with Gasteiger partial charge in [0.2, 0.25) is 0 Å². The average Bonchev–Trinajstić information content (AvgIpc) is 2.69. The van der Waals surface area contributed by atoms with Crippen LogP contribution in [-0.2, 0) is 9.53 Å². The number of morpholine rings is 1. The molecule has 0 bridgehead atoms. The van der Waals surface area contributed by atoms with Gasteiger partial charge in [0.15, 0.2) is 0 Å². The first kappa shape index (κ1) is 9.43. The Balaban J connectivity index is 1.99. The molecule has 0 unspecified atom stereocenters. The van der Waals surface area contributed by atoms with Gasteiger partial charge in [-0.25, -0.2) is 0 Å². The molecular weight excluding hydrogens is 198 g/mol. The van der Waals surface area contributed by atoms with E-state index >= 15 is 0 Å². The molecule has 0 aliphatic carbocycles. The Morgan fingerprint density at radius 3 is 3.21 bits per heavy atom. The molecule has 74 valence electrons. The standard InChI is InChI=1S/C10H11NO2S/c12-10-7-13-5-4-11(10)3-1-9-2-6-14-8-9/h1-3,6,8H,4-5,7H2. The number of hydrogen-bond donors (Lipinski definition) is 0. The SMILES string of the molecule is O=C1COCCN1C=Cc1ccsc1. The minimum Gasteiger partial charge on any atom is -0.370 e. The minimum atomic E-state index is 0.0303. The zero-order chi connectivity index (χ0) is 9.80. The van der Waals surface area contributed by atoms with Crippen LogP contribution in [0.25, 0.3) is 6.08 Å². The molecular formula is C10H11NO2S. The third-order valence-electron chi connectivity index (χ3n) is 2.01. The number of amides is 1. The second-order valence-electron chi connectivity index (χ2n) is 3.01. The van der Waals surface area contributed by atoms with Crippen molar-refractivity contribution in [1.82, 2.24) is 4.90 Å². The van der Waals surface area contributed by atoms with Gasteiger partial charge in [-0.3, -0.25) is 4.79 Å². The number of thiophene rings is 1. The molecule has 0 saturated carbocycles. The Bertz CT molecular complexity index is 332. The fourth-order valence-corrected chi connectivity index (χ4v) is 1.86. The quantitative estimate of drug-likeness (QED) is 0.740. The van der Waals surface area contributed by atoms with Crippen molar-refractivity contribution >= 4 is 23.3 Å². The summed E-state index contributed by atoms with van der Waals surface area (Å²) in [5.41, 5.74) is 1.13. The van der Waals surface area contributed by atoms with E-state index in [0.29, 0.717) is 13.2 Å². The van der Waals surface area contributed by atoms with Crippen molar-refractivity contribution in [2.45, 2.75) is 0 Å². The van der Waals surface area contributed by atoms with Crippen LogP contribution < -0.4 is 0 Å². The summed E-state index contributed by atoms with van der Waals surface area (Å²) in [6, 6.07) is 2.02. The topological polar surface area (TPSA) is 29.5 Å². The number of ether oxygens (including phenoxy) is 1. The van der Waals surface area contributed by atoms with Crippen molar-refractivity contribution in [3.8, 4) is 0 Å². The van der Waals surface area contributed by atoms with Crippen LogP contribution in [0.5, 0.6) is 0 Å². The van der Waals surface area contributed by atoms with Crippen molar-refractivity contribution in [2.24, 2.45) is 0 Å². The van der Waals surface area contributed by atoms with E-state index < -0.39 is 0 Å². The van der Waals surface area contributed by atoms with E-state index in [2.05, 4.69) is 0 Å². The molecule has 3 nitrogen and oxygen atoms in total. The second-order valence-corrected chi connectivity index (χ2v) is 3.79. The summed E-state index contributed by atoms with van der Waals surface area (Å²) >= 11 is 1.65. The minimum absolute atomic E-state index is 0.0303. The fraction of sp³-hybridized carbons (Fsp3) is 0.300. The molecule has 2 rings (SSSR count). The summed E-state index contributed by atoms with van der Waals surface area (Å²) in [5.74, 6) is 0.0303. The smallest absolute Gasteiger partial charge is 0.252 e. The van der Waals surface area contributed by atoms with E-state index in [1.54, 1.807) is 16.2 Å². The van der Waals surface area contributed by atoms with Crippen LogP contribution in [0.2, 0.25) is 0 Å². The number of rotatable bonds is 2. The van der Waals surface area contributed by atoms with Gasteiger partial charge in [0.1, 0.15) is 6.61 Å². The van der Waals surface area contributed by atoms with Gasteiger partial charge < -0.3 is 9.64 Å². The van der Waals surface area contributed by atoms with Gasteiger partial charge in [-0.05, 0) is 28.5 Å². The Kier molecular flexibility index (Phi) is 2.96. The van der Waals surface area contributed by atoms with Gasteiger partial charge in [-0.15, -0.1) is 0 Å². The lowest BCUT2D eigenvalue weighted by atomic mass is 10.3. The number of nitrogens with zero attached hydrogens (tertiary/aromatic N) is 1. The number of carbonyl (C=O) groups is 1. The molecule has 4 heteroatoms. The predicted molar refractivity (Wildman–Crippen MR) is 55.9 cm³/mol. The highest BCUT2D eigenvalue weighted by molar-refractivity contribution is 7.08. The molecule has 0 radical (unpaired) electrons. The van der Waals surface area contributed by atoms with Crippen molar-refractivity contribution in [1.29, 1.82) is 0 Å². The van der Waals surface area contributed by atoms with Gasteiger partial charge >= 0.3 is 0 Å². The first-order valence-corrected chi connectivity index (χ1v) is 5.38. The lowest BCUT2D eigenvalue weighted by molar-refractivity contribution is -0.139. The van der Waals surface area contributed by atoms with E-state index in [1.165, 1.54) is 0 Å². The highest BCUT2D eigenvalue weighted by Crippen LogP contribution is 2.09. The van der Waals surface area contributed by atoms with Crippen molar-refractivity contribution in [2.75, 3.05) is 19.8 Å². The van der Waals surface area contributed by atoms with Crippen LogP contribution in [0.1, 0.15) is 5.56 Å². The highest BCUT2D eigenvalue weighted by atomic mass is 32.1. The van der Waals surface area contributed by atoms with Crippen LogP contribution in [0.3, 0.4) is 0 Å². The summed E-state index contributed by atoms with van der Waals surface area (Å²) in [5, 5.41) is 4.06. The average molecular weight is 209 g/mol. The first-order chi connectivity index (χ1) is 6.86. The van der Waals surface area contributed by atoms with Crippen LogP contribution >= 0.6 is 11.3 Å². The number of carbonyl (C=O) groups excluding carboxylic acids is 1. The molecule has 1 aromatic heterocycles. The van der Waals surface area contributed by atoms with E-state index in [0.717, 1.165) is 5.56 Å². The van der Waals surface area contributed by atoms with Crippen molar-refractivity contribution < 1.29 is 9.53 Å². The lowest BCUT2D eigenvalue weighted by Gasteiger charge is -2.22. The van der Waals surface area contributed by atoms with E-state index in [1.807, 2.05) is 29.1 Å². The normalized spacial score (nSPS) is 18.0. The summed E-state index contributed by atoms with van der Waals surface area (Å²) in [6.07, 6.45) is 3.77. The molecule has 1 aliphatic heterocycles. The maximum Gasteiger partial charge on any atom is 0.252 e. The third-order valence-corrected chi connectivity index (χ3v) is 2.71. The Morgan fingerprint density at radius 2 is 2.50 bits per heavy atom. The first-order valence-electron chi connectivity index (χ1n) is 4.44. The Labute approximate surface area is 86.6 Å². The summed E-state index contributed by atoms with van der Waals surface area (Å²) < 4.78 is 5.03. The molecule has 1 amide bonds. The summed E-state index contributed by atoms with van der Waals surface area (Å²) in [7, 11) is 0. The zero-order valence-electron chi connectivity index (χ0n) is 7.68. The van der Waals surface area contributed by atoms with Crippen molar-refractivity contribution in [3.05, 3.63) is 28.6 Å². The third kappa shape index (κ3) is 2.21. The van der Waals surface area contributed by atoms with Crippen molar-refractivity contribution in [3.63, 3.8) is 0 Å². The fourth-order valence-electron chi connectivity index (χ4n) is 1.23. The molecule has 1 saturated heterocycles. The largest absolute Gasteiger partial charge is 0.370 e. The van der Waals surface area contributed by atoms with E-state index in [4.69, 9.17) is 4.74 Å². The lowest BCUT2D eigenvalue weighted by Crippen LogP contribution is -2.37. The van der Waals surface area contributed by atoms with Crippen LogP contribution in [0.15, 0.2) is 23.0 Å².